The van der Waals surface area contributed by atoms with E-state index in [2.05, 4.69) is 5.32 Å². The molecular weight excluding hydrogens is 425 g/mol. The van der Waals surface area contributed by atoms with Crippen LogP contribution in [0.4, 0.5) is 10.5 Å². The molecule has 0 spiro atoms. The van der Waals surface area contributed by atoms with Gasteiger partial charge in [-0.2, -0.15) is 0 Å². The fraction of sp³-hybridized carbons (Fsp3) is 0.409. The van der Waals surface area contributed by atoms with Crippen molar-refractivity contribution in [2.45, 2.75) is 12.0 Å². The Kier molecular flexibility index (Phi) is 8.38. The average Bonchev–Trinajstić information content (AvgIpc) is 2.71. The summed E-state index contributed by atoms with van der Waals surface area (Å²) in [5.41, 5.74) is 0.481. The number of amides is 2. The van der Waals surface area contributed by atoms with Crippen molar-refractivity contribution in [3.05, 3.63) is 59.1 Å². The molecule has 1 fully saturated rings. The van der Waals surface area contributed by atoms with Gasteiger partial charge in [0.05, 0.1) is 12.7 Å². The van der Waals surface area contributed by atoms with E-state index in [-0.39, 0.29) is 24.4 Å². The van der Waals surface area contributed by atoms with Crippen LogP contribution in [0.2, 0.25) is 5.02 Å². The number of likely N-dealkylation sites (tertiary alicyclic amines) is 1. The first-order chi connectivity index (χ1) is 13.8. The second kappa shape index (κ2) is 10.4. The largest absolute Gasteiger partial charge is 0.497 e. The molecule has 1 aliphatic rings. The molecular formula is C22H29Cl2N3O3. The van der Waals surface area contributed by atoms with Gasteiger partial charge in [0.1, 0.15) is 5.75 Å². The van der Waals surface area contributed by atoms with Gasteiger partial charge in [-0.1, -0.05) is 23.7 Å². The highest BCUT2D eigenvalue weighted by Crippen LogP contribution is 2.39. The summed E-state index contributed by atoms with van der Waals surface area (Å²) in [5, 5.41) is 15.2. The number of nitrogens with zero attached hydrogens (tertiary/aromatic N) is 2. The first-order valence-corrected chi connectivity index (χ1v) is 10.0. The second-order valence-corrected chi connectivity index (χ2v) is 8.18. The van der Waals surface area contributed by atoms with Crippen LogP contribution in [0.25, 0.3) is 0 Å². The molecule has 1 saturated heterocycles. The zero-order valence-corrected chi connectivity index (χ0v) is 19.0. The Balaban J connectivity index is 0.00000320. The molecule has 8 heteroatoms. The topological polar surface area (TPSA) is 65.0 Å². The standard InChI is InChI=1S/C22H28ClN3O3.ClH/c1-25(2)14-17-15-26(21(27)24-19-9-7-18(23)8-10-19)12-11-22(17,28)16-5-4-6-20(13-16)29-3;/h4-10,13,17,28H,11-12,14-15H2,1-3H3,(H,24,27);1H. The number of methoxy groups -OCH3 is 1. The number of ether oxygens (including phenoxy) is 1. The molecule has 6 nitrogen and oxygen atoms in total. The summed E-state index contributed by atoms with van der Waals surface area (Å²) in [4.78, 5) is 16.6. The maximum atomic E-state index is 12.8. The molecule has 164 valence electrons. The first kappa shape index (κ1) is 24.3. The highest BCUT2D eigenvalue weighted by atomic mass is 35.5. The Morgan fingerprint density at radius 2 is 2.00 bits per heavy atom. The minimum atomic E-state index is -1.03. The SMILES string of the molecule is COc1cccc(C2(O)CCN(C(=O)Nc3ccc(Cl)cc3)CC2CN(C)C)c1.Cl. The van der Waals surface area contributed by atoms with Gasteiger partial charge in [0.15, 0.2) is 0 Å². The molecule has 30 heavy (non-hydrogen) atoms. The average molecular weight is 454 g/mol. The lowest BCUT2D eigenvalue weighted by Crippen LogP contribution is -2.55. The van der Waals surface area contributed by atoms with E-state index in [1.807, 2.05) is 43.3 Å². The van der Waals surface area contributed by atoms with Crippen molar-refractivity contribution < 1.29 is 14.6 Å². The molecule has 3 rings (SSSR count). The molecule has 0 aliphatic carbocycles. The van der Waals surface area contributed by atoms with E-state index >= 15 is 0 Å². The summed E-state index contributed by atoms with van der Waals surface area (Å²) in [5.74, 6) is 0.566. The zero-order valence-electron chi connectivity index (χ0n) is 17.5. The number of aliphatic hydroxyl groups is 1. The highest BCUT2D eigenvalue weighted by molar-refractivity contribution is 6.30. The Morgan fingerprint density at radius 3 is 2.63 bits per heavy atom. The van der Waals surface area contributed by atoms with Crippen molar-refractivity contribution in [3.63, 3.8) is 0 Å². The van der Waals surface area contributed by atoms with Crippen LogP contribution >= 0.6 is 24.0 Å². The molecule has 2 unspecified atom stereocenters. The van der Waals surface area contributed by atoms with E-state index in [9.17, 15) is 9.90 Å². The molecule has 0 radical (unpaired) electrons. The van der Waals surface area contributed by atoms with Crippen LogP contribution in [-0.2, 0) is 5.60 Å². The van der Waals surface area contributed by atoms with Gasteiger partial charge in [0.2, 0.25) is 0 Å². The Labute approximate surface area is 189 Å². The summed E-state index contributed by atoms with van der Waals surface area (Å²) in [6, 6.07) is 14.4. The summed E-state index contributed by atoms with van der Waals surface area (Å²) >= 11 is 5.91. The first-order valence-electron chi connectivity index (χ1n) is 9.65. The number of anilines is 1. The molecule has 0 saturated carbocycles. The lowest BCUT2D eigenvalue weighted by Gasteiger charge is -2.45. The molecule has 1 heterocycles. The fourth-order valence-electron chi connectivity index (χ4n) is 3.86. The van der Waals surface area contributed by atoms with E-state index in [0.717, 1.165) is 5.56 Å². The van der Waals surface area contributed by atoms with E-state index in [1.54, 1.807) is 36.3 Å². The van der Waals surface area contributed by atoms with Crippen molar-refractivity contribution in [2.24, 2.45) is 5.92 Å². The van der Waals surface area contributed by atoms with E-state index in [0.29, 0.717) is 42.5 Å². The van der Waals surface area contributed by atoms with Gasteiger partial charge in [-0.3, -0.25) is 0 Å². The van der Waals surface area contributed by atoms with Crippen molar-refractivity contribution in [2.75, 3.05) is 46.2 Å². The monoisotopic (exact) mass is 453 g/mol. The van der Waals surface area contributed by atoms with Crippen molar-refractivity contribution in [1.29, 1.82) is 0 Å². The number of piperidine rings is 1. The minimum absolute atomic E-state index is 0. The Hall–Kier alpha value is -1.99. The highest BCUT2D eigenvalue weighted by Gasteiger charge is 2.44. The molecule has 0 bridgehead atoms. The third-order valence-corrected chi connectivity index (χ3v) is 5.67. The normalized spacial score (nSPS) is 21.1. The van der Waals surface area contributed by atoms with Crippen LogP contribution < -0.4 is 10.1 Å². The van der Waals surface area contributed by atoms with Crippen LogP contribution in [0.3, 0.4) is 0 Å². The number of rotatable bonds is 5. The predicted octanol–water partition coefficient (Wildman–Crippen LogP) is 4.07. The van der Waals surface area contributed by atoms with Crippen LogP contribution in [0.1, 0.15) is 12.0 Å². The van der Waals surface area contributed by atoms with Crippen LogP contribution in [0.15, 0.2) is 48.5 Å². The van der Waals surface area contributed by atoms with Gasteiger partial charge < -0.3 is 25.0 Å². The second-order valence-electron chi connectivity index (χ2n) is 7.75. The number of carbonyl (C=O) groups excluding carboxylic acids is 1. The van der Waals surface area contributed by atoms with Crippen molar-refractivity contribution >= 4 is 35.7 Å². The zero-order chi connectivity index (χ0) is 21.0. The molecule has 2 aromatic rings. The van der Waals surface area contributed by atoms with E-state index in [1.165, 1.54) is 0 Å². The van der Waals surface area contributed by atoms with Gasteiger partial charge in [0, 0.05) is 36.3 Å². The molecule has 2 N–H and O–H groups in total. The van der Waals surface area contributed by atoms with Crippen LogP contribution in [0, 0.1) is 5.92 Å². The summed E-state index contributed by atoms with van der Waals surface area (Å²) in [7, 11) is 5.56. The van der Waals surface area contributed by atoms with Gasteiger partial charge in [-0.25, -0.2) is 4.79 Å². The molecule has 2 amide bonds. The number of halogens is 2. The maximum absolute atomic E-state index is 12.8. The number of hydrogen-bond acceptors (Lipinski definition) is 4. The number of hydrogen-bond donors (Lipinski definition) is 2. The van der Waals surface area contributed by atoms with Crippen molar-refractivity contribution in [3.8, 4) is 5.75 Å². The van der Waals surface area contributed by atoms with Gasteiger partial charge in [0.25, 0.3) is 0 Å². The summed E-state index contributed by atoms with van der Waals surface area (Å²) < 4.78 is 5.34. The lowest BCUT2D eigenvalue weighted by atomic mass is 9.75. The Morgan fingerprint density at radius 1 is 1.30 bits per heavy atom. The fourth-order valence-corrected chi connectivity index (χ4v) is 3.99. The molecule has 2 atom stereocenters. The summed E-state index contributed by atoms with van der Waals surface area (Å²) in [6.07, 6.45) is 0.451. The van der Waals surface area contributed by atoms with Crippen LogP contribution in [-0.4, -0.2) is 61.8 Å². The molecule has 0 aromatic heterocycles. The van der Waals surface area contributed by atoms with Gasteiger partial charge in [-0.05, 0) is 62.5 Å². The minimum Gasteiger partial charge on any atom is -0.497 e. The number of nitrogens with one attached hydrogen (secondary N) is 1. The third-order valence-electron chi connectivity index (χ3n) is 5.42. The Bertz CT molecular complexity index is 848. The predicted molar refractivity (Wildman–Crippen MR) is 123 cm³/mol. The quantitative estimate of drug-likeness (QED) is 0.715. The van der Waals surface area contributed by atoms with E-state index in [4.69, 9.17) is 16.3 Å². The van der Waals surface area contributed by atoms with Gasteiger partial charge in [-0.15, -0.1) is 12.4 Å². The van der Waals surface area contributed by atoms with Crippen molar-refractivity contribution in [1.82, 2.24) is 9.80 Å². The summed E-state index contributed by atoms with van der Waals surface area (Å²) in [6.45, 7) is 1.56. The lowest BCUT2D eigenvalue weighted by molar-refractivity contribution is -0.0750. The molecule has 2 aromatic carbocycles. The van der Waals surface area contributed by atoms with Crippen LogP contribution in [0.5, 0.6) is 5.75 Å². The number of urea groups is 1. The number of benzene rings is 2. The number of carbonyl (C=O) groups is 1. The molecule has 1 aliphatic heterocycles. The third kappa shape index (κ3) is 5.58. The maximum Gasteiger partial charge on any atom is 0.321 e. The van der Waals surface area contributed by atoms with Gasteiger partial charge >= 0.3 is 6.03 Å². The van der Waals surface area contributed by atoms with E-state index < -0.39 is 5.60 Å². The smallest absolute Gasteiger partial charge is 0.321 e.